The van der Waals surface area contributed by atoms with Gasteiger partial charge < -0.3 is 3.71 Å². The van der Waals surface area contributed by atoms with Crippen LogP contribution in [0.4, 0.5) is 0 Å². The molecule has 0 saturated carbocycles. The smallest absolute Gasteiger partial charge is 0.348 e. The van der Waals surface area contributed by atoms with Crippen LogP contribution in [0.15, 0.2) is 0 Å². The van der Waals surface area contributed by atoms with Gasteiger partial charge in [-0.25, -0.2) is 0 Å². The van der Waals surface area contributed by atoms with Crippen LogP contribution in [-0.2, 0) is 3.71 Å². The third-order valence-corrected chi connectivity index (χ3v) is 0.408. The standard InChI is InChI=1S/CH3BO.Al/c1-2-3;/h1H3;/q-1;+1. The van der Waals surface area contributed by atoms with Crippen molar-refractivity contribution in [1.82, 2.24) is 0 Å². The van der Waals surface area contributed by atoms with E-state index in [0.29, 0.717) is 0 Å². The fraction of sp³-hybridized carbons (Fsp3) is 1.00. The maximum Gasteiger partial charge on any atom is 0.348 e. The zero-order valence-electron chi connectivity index (χ0n) is 2.56. The minimum atomic E-state index is 1.59. The molecule has 0 aromatic rings. The third-order valence-electron chi connectivity index (χ3n) is 0.136. The van der Waals surface area contributed by atoms with Crippen LogP contribution >= 0.6 is 0 Å². The van der Waals surface area contributed by atoms with Crippen molar-refractivity contribution in [3.63, 3.8) is 0 Å². The first-order valence-electron chi connectivity index (χ1n) is 1.05. The second-order valence-electron chi connectivity index (χ2n) is 0.372. The maximum atomic E-state index is 4.33. The summed E-state index contributed by atoms with van der Waals surface area (Å²) in [6.45, 7) is 1.81. The lowest BCUT2D eigenvalue weighted by atomic mass is 10.1. The Morgan fingerprint density at radius 3 is 2.25 bits per heavy atom. The molecule has 0 unspecified atom stereocenters. The molecule has 3 radical (unpaired) electrons. The summed E-state index contributed by atoms with van der Waals surface area (Å²) in [4.78, 5) is 0. The Morgan fingerprint density at radius 2 is 2.25 bits per heavy atom. The Balaban J connectivity index is 1.97. The van der Waals surface area contributed by atoms with Gasteiger partial charge in [-0.1, -0.05) is 6.82 Å². The minimum absolute atomic E-state index is 1.59. The van der Waals surface area contributed by atoms with E-state index in [4.69, 9.17) is 0 Å². The van der Waals surface area contributed by atoms with Crippen molar-refractivity contribution in [2.24, 2.45) is 0 Å². The molecule has 0 aromatic heterocycles. The van der Waals surface area contributed by atoms with E-state index in [1.165, 1.54) is 0 Å². The number of rotatable bonds is 1. The highest BCUT2D eigenvalue weighted by molar-refractivity contribution is 6.32. The van der Waals surface area contributed by atoms with Crippen molar-refractivity contribution in [3.05, 3.63) is 0 Å². The molecule has 0 aliphatic carbocycles. The molecule has 0 aliphatic heterocycles. The van der Waals surface area contributed by atoms with Gasteiger partial charge in [-0.15, -0.1) is 0 Å². The molecule has 4 heavy (non-hydrogen) atoms. The van der Waals surface area contributed by atoms with Gasteiger partial charge in [0.1, 0.15) is 0 Å². The lowest BCUT2D eigenvalue weighted by Crippen LogP contribution is -1.82. The van der Waals surface area contributed by atoms with Gasteiger partial charge in [-0.2, -0.15) is 0 Å². The van der Waals surface area contributed by atoms with Crippen molar-refractivity contribution in [1.29, 1.82) is 0 Å². The van der Waals surface area contributed by atoms with Crippen molar-refractivity contribution in [2.75, 3.05) is 0 Å². The Kier molecular flexibility index (Phi) is 4.05. The Labute approximate surface area is 35.4 Å². The molecule has 0 bridgehead atoms. The van der Waals surface area contributed by atoms with Gasteiger partial charge in [-0.05, 0) is 0 Å². The van der Waals surface area contributed by atoms with E-state index >= 15 is 0 Å². The second kappa shape index (κ2) is 3.56. The average molecular weight is 68.8 g/mol. The van der Waals surface area contributed by atoms with Gasteiger partial charge >= 0.3 is 16.6 Å². The van der Waals surface area contributed by atoms with Crippen LogP contribution in [-0.4, -0.2) is 24.1 Å². The molecule has 0 rings (SSSR count). The summed E-state index contributed by atoms with van der Waals surface area (Å²) in [5.41, 5.74) is 0. The highest BCUT2D eigenvalue weighted by Gasteiger charge is 1.59. The maximum absolute atomic E-state index is 4.33. The first-order chi connectivity index (χ1) is 1.91. The molecule has 0 heterocycles. The van der Waals surface area contributed by atoms with Crippen molar-refractivity contribution < 1.29 is 3.71 Å². The summed E-state index contributed by atoms with van der Waals surface area (Å²) in [6.07, 6.45) is 0. The van der Waals surface area contributed by atoms with Gasteiger partial charge in [0.25, 0.3) is 7.48 Å². The Morgan fingerprint density at radius 1 is 2.00 bits per heavy atom. The topological polar surface area (TPSA) is 9.23 Å². The minimum Gasteiger partial charge on any atom is -0.584 e. The molecule has 0 atom stereocenters. The highest BCUT2D eigenvalue weighted by Crippen LogP contribution is 1.45. The van der Waals surface area contributed by atoms with Gasteiger partial charge in [0, 0.05) is 0 Å². The molecule has 0 N–H and O–H groups in total. The molecule has 19 valence electrons. The van der Waals surface area contributed by atoms with Crippen LogP contribution in [0.3, 0.4) is 0 Å². The zero-order chi connectivity index (χ0) is 3.41. The summed E-state index contributed by atoms with van der Waals surface area (Å²) in [7, 11) is 1.59. The average Bonchev–Trinajstić information content (AvgIpc) is 1.37. The predicted molar refractivity (Wildman–Crippen MR) is 18.5 cm³/mol. The van der Waals surface area contributed by atoms with Crippen LogP contribution in [0.1, 0.15) is 0 Å². The van der Waals surface area contributed by atoms with E-state index < -0.39 is 0 Å². The van der Waals surface area contributed by atoms with E-state index in [1.807, 2.05) is 6.82 Å². The lowest BCUT2D eigenvalue weighted by Gasteiger charge is -1.76. The van der Waals surface area contributed by atoms with Gasteiger partial charge in [0.2, 0.25) is 0 Å². The second-order valence-corrected chi connectivity index (χ2v) is 0.644. The normalized spacial score (nSPS) is 6.25. The van der Waals surface area contributed by atoms with Crippen LogP contribution < -0.4 is 0 Å². The van der Waals surface area contributed by atoms with Gasteiger partial charge in [0.05, 0.1) is 0 Å². The third kappa shape index (κ3) is 2.56. The van der Waals surface area contributed by atoms with Crippen molar-refractivity contribution >= 4 is 24.1 Å². The fourth-order valence-corrected chi connectivity index (χ4v) is 0. The van der Waals surface area contributed by atoms with Crippen LogP contribution in [0.2, 0.25) is 6.82 Å². The summed E-state index contributed by atoms with van der Waals surface area (Å²) in [5, 5.41) is 0. The Hall–Kier alpha value is 0.557. The van der Waals surface area contributed by atoms with E-state index in [-0.39, 0.29) is 0 Å². The van der Waals surface area contributed by atoms with E-state index in [9.17, 15) is 0 Å². The van der Waals surface area contributed by atoms with E-state index in [1.54, 1.807) is 7.48 Å². The molecule has 1 nitrogen and oxygen atoms in total. The summed E-state index contributed by atoms with van der Waals surface area (Å²) < 4.78 is 4.33. The molecular formula is CH3AlBO. The number of hydrogen-bond donors (Lipinski definition) is 0. The molecule has 0 aliphatic rings. The molecule has 0 spiro atoms. The first kappa shape index (κ1) is 4.56. The largest absolute Gasteiger partial charge is 0.584 e. The van der Waals surface area contributed by atoms with Crippen molar-refractivity contribution in [3.8, 4) is 0 Å². The molecule has 0 aromatic carbocycles. The monoisotopic (exact) mass is 69.0 g/mol. The predicted octanol–water partition coefficient (Wildman–Crippen LogP) is -0.246. The van der Waals surface area contributed by atoms with Crippen LogP contribution in [0.25, 0.3) is 0 Å². The SMILES string of the molecule is C[B][O][Al]. The van der Waals surface area contributed by atoms with Gasteiger partial charge in [0.15, 0.2) is 0 Å². The number of hydrogen-bond acceptors (Lipinski definition) is 1. The summed E-state index contributed by atoms with van der Waals surface area (Å²) >= 11 is 2.10. The Bertz CT molecular complexity index is 10.0. The lowest BCUT2D eigenvalue weighted by molar-refractivity contribution is 0.671. The van der Waals surface area contributed by atoms with E-state index in [2.05, 4.69) is 20.3 Å². The van der Waals surface area contributed by atoms with Crippen LogP contribution in [0.5, 0.6) is 0 Å². The summed E-state index contributed by atoms with van der Waals surface area (Å²) in [5.74, 6) is 0. The van der Waals surface area contributed by atoms with Crippen molar-refractivity contribution in [2.45, 2.75) is 6.82 Å². The molecular weight excluding hydrogens is 65.8 g/mol. The summed E-state index contributed by atoms with van der Waals surface area (Å²) in [6, 6.07) is 0. The van der Waals surface area contributed by atoms with Crippen LogP contribution in [0, 0.1) is 0 Å². The first-order valence-corrected chi connectivity index (χ1v) is 1.52. The molecule has 0 fully saturated rings. The van der Waals surface area contributed by atoms with E-state index in [0.717, 1.165) is 0 Å². The highest BCUT2D eigenvalue weighted by atomic mass is 27.1. The van der Waals surface area contributed by atoms with Gasteiger partial charge in [-0.3, -0.25) is 0 Å². The fourth-order valence-electron chi connectivity index (χ4n) is 0. The molecule has 0 saturated heterocycles. The quantitative estimate of drug-likeness (QED) is 0.386. The zero-order valence-corrected chi connectivity index (χ0v) is 3.72. The molecule has 3 heteroatoms. The molecule has 0 amide bonds.